The molecule has 1 aromatic rings. The number of ether oxygens (including phenoxy) is 1. The quantitative estimate of drug-likeness (QED) is 0.801. The lowest BCUT2D eigenvalue weighted by Crippen LogP contribution is -2.40. The van der Waals surface area contributed by atoms with Crippen molar-refractivity contribution in [2.75, 3.05) is 19.4 Å². The maximum Gasteiger partial charge on any atom is 0.326 e. The number of carboxylic acid groups (broad SMARTS) is 1. The number of hydrogen-bond donors (Lipinski definition) is 2. The van der Waals surface area contributed by atoms with Crippen LogP contribution in [-0.4, -0.2) is 47.7 Å². The minimum Gasteiger partial charge on any atom is -0.480 e. The number of nitrogen functional groups attached to an aromatic ring is 1. The lowest BCUT2D eigenvalue weighted by molar-refractivity contribution is -0.141. The van der Waals surface area contributed by atoms with E-state index in [1.807, 2.05) is 6.92 Å². The standard InChI is InChI=1S/C14H18N2O4/c1-8-5-9(3-4-11(8)15)13(17)16-7-10(20-2)6-12(16)14(18)19/h3-5,10,12H,6-7,15H2,1-2H3,(H,18,19). The zero-order valence-corrected chi connectivity index (χ0v) is 11.5. The summed E-state index contributed by atoms with van der Waals surface area (Å²) in [5, 5.41) is 9.22. The van der Waals surface area contributed by atoms with Gasteiger partial charge in [0.25, 0.3) is 5.91 Å². The van der Waals surface area contributed by atoms with Gasteiger partial charge in [0.05, 0.1) is 6.10 Å². The van der Waals surface area contributed by atoms with Gasteiger partial charge < -0.3 is 20.5 Å². The van der Waals surface area contributed by atoms with Crippen LogP contribution >= 0.6 is 0 Å². The maximum absolute atomic E-state index is 12.5. The fourth-order valence-corrected chi connectivity index (χ4v) is 2.40. The van der Waals surface area contributed by atoms with Gasteiger partial charge in [0.1, 0.15) is 6.04 Å². The van der Waals surface area contributed by atoms with E-state index in [-0.39, 0.29) is 18.6 Å². The minimum atomic E-state index is -1.01. The molecule has 6 heteroatoms. The summed E-state index contributed by atoms with van der Waals surface area (Å²) in [5.74, 6) is -1.31. The molecule has 1 amide bonds. The molecule has 1 aliphatic rings. The van der Waals surface area contributed by atoms with Gasteiger partial charge in [-0.25, -0.2) is 4.79 Å². The molecule has 108 valence electrons. The highest BCUT2D eigenvalue weighted by atomic mass is 16.5. The van der Waals surface area contributed by atoms with E-state index in [1.54, 1.807) is 18.2 Å². The third-order valence-corrected chi connectivity index (χ3v) is 3.66. The molecular formula is C14H18N2O4. The van der Waals surface area contributed by atoms with E-state index < -0.39 is 12.0 Å². The van der Waals surface area contributed by atoms with Crippen molar-refractivity contribution in [1.82, 2.24) is 4.90 Å². The SMILES string of the molecule is COC1CC(C(=O)O)N(C(=O)c2ccc(N)c(C)c2)C1. The molecule has 0 spiro atoms. The van der Waals surface area contributed by atoms with Crippen LogP contribution in [0.25, 0.3) is 0 Å². The summed E-state index contributed by atoms with van der Waals surface area (Å²) < 4.78 is 5.17. The molecular weight excluding hydrogens is 260 g/mol. The Morgan fingerprint density at radius 1 is 1.45 bits per heavy atom. The van der Waals surface area contributed by atoms with Crippen molar-refractivity contribution in [3.8, 4) is 0 Å². The average molecular weight is 278 g/mol. The first kappa shape index (κ1) is 14.3. The lowest BCUT2D eigenvalue weighted by atomic mass is 10.1. The summed E-state index contributed by atoms with van der Waals surface area (Å²) >= 11 is 0. The van der Waals surface area contributed by atoms with Gasteiger partial charge in [-0.05, 0) is 30.7 Å². The maximum atomic E-state index is 12.5. The fourth-order valence-electron chi connectivity index (χ4n) is 2.40. The van der Waals surface area contributed by atoms with Crippen molar-refractivity contribution in [3.05, 3.63) is 29.3 Å². The molecule has 0 aromatic heterocycles. The Balaban J connectivity index is 2.26. The topological polar surface area (TPSA) is 92.9 Å². The zero-order valence-electron chi connectivity index (χ0n) is 11.5. The Hall–Kier alpha value is -2.08. The van der Waals surface area contributed by atoms with E-state index in [9.17, 15) is 14.7 Å². The van der Waals surface area contributed by atoms with Crippen molar-refractivity contribution in [3.63, 3.8) is 0 Å². The number of anilines is 1. The highest BCUT2D eigenvalue weighted by molar-refractivity contribution is 5.97. The molecule has 0 radical (unpaired) electrons. The van der Waals surface area contributed by atoms with Crippen LogP contribution in [0.5, 0.6) is 0 Å². The van der Waals surface area contributed by atoms with Crippen LogP contribution in [0.15, 0.2) is 18.2 Å². The number of rotatable bonds is 3. The number of carboxylic acids is 1. The second kappa shape index (κ2) is 5.50. The molecule has 1 fully saturated rings. The second-order valence-corrected chi connectivity index (χ2v) is 4.98. The first-order valence-electron chi connectivity index (χ1n) is 6.36. The molecule has 2 atom stereocenters. The van der Waals surface area contributed by atoms with E-state index in [0.29, 0.717) is 17.7 Å². The number of hydrogen-bond acceptors (Lipinski definition) is 4. The van der Waals surface area contributed by atoms with E-state index in [0.717, 1.165) is 5.56 Å². The first-order valence-corrected chi connectivity index (χ1v) is 6.36. The number of likely N-dealkylation sites (tertiary alicyclic amines) is 1. The molecule has 3 N–H and O–H groups in total. The van der Waals surface area contributed by atoms with Gasteiger partial charge in [0, 0.05) is 31.3 Å². The van der Waals surface area contributed by atoms with Crippen LogP contribution in [0, 0.1) is 6.92 Å². The number of amides is 1. The Morgan fingerprint density at radius 3 is 2.70 bits per heavy atom. The number of nitrogens with two attached hydrogens (primary N) is 1. The second-order valence-electron chi connectivity index (χ2n) is 4.98. The van der Waals surface area contributed by atoms with Gasteiger partial charge >= 0.3 is 5.97 Å². The number of methoxy groups -OCH3 is 1. The molecule has 2 rings (SSSR count). The van der Waals surface area contributed by atoms with Crippen molar-refractivity contribution in [1.29, 1.82) is 0 Å². The molecule has 20 heavy (non-hydrogen) atoms. The van der Waals surface area contributed by atoms with E-state index in [1.165, 1.54) is 12.0 Å². The predicted octanol–water partition coefficient (Wildman–Crippen LogP) is 0.891. The number of carbonyl (C=O) groups is 2. The Labute approximate surface area is 117 Å². The lowest BCUT2D eigenvalue weighted by Gasteiger charge is -2.21. The molecule has 1 aromatic carbocycles. The highest BCUT2D eigenvalue weighted by Gasteiger charge is 2.40. The molecule has 2 unspecified atom stereocenters. The molecule has 1 saturated heterocycles. The minimum absolute atomic E-state index is 0.241. The normalized spacial score (nSPS) is 22.0. The molecule has 6 nitrogen and oxygen atoms in total. The van der Waals surface area contributed by atoms with Crippen LogP contribution in [0.3, 0.4) is 0 Å². The highest BCUT2D eigenvalue weighted by Crippen LogP contribution is 2.23. The Kier molecular flexibility index (Phi) is 3.94. The molecule has 1 aliphatic heterocycles. The van der Waals surface area contributed by atoms with Crippen LogP contribution in [-0.2, 0) is 9.53 Å². The number of aliphatic carboxylic acids is 1. The summed E-state index contributed by atoms with van der Waals surface area (Å²) in [5.41, 5.74) is 7.57. The molecule has 0 bridgehead atoms. The van der Waals surface area contributed by atoms with Crippen LogP contribution in [0.1, 0.15) is 22.3 Å². The van der Waals surface area contributed by atoms with E-state index in [4.69, 9.17) is 10.5 Å². The van der Waals surface area contributed by atoms with E-state index in [2.05, 4.69) is 0 Å². The fraction of sp³-hybridized carbons (Fsp3) is 0.429. The van der Waals surface area contributed by atoms with Crippen molar-refractivity contribution in [2.45, 2.75) is 25.5 Å². The predicted molar refractivity (Wildman–Crippen MR) is 73.5 cm³/mol. The smallest absolute Gasteiger partial charge is 0.326 e. The molecule has 1 heterocycles. The summed E-state index contributed by atoms with van der Waals surface area (Å²) in [6, 6.07) is 4.10. The van der Waals surface area contributed by atoms with Gasteiger partial charge in [-0.2, -0.15) is 0 Å². The molecule has 0 saturated carbocycles. The third-order valence-electron chi connectivity index (χ3n) is 3.66. The van der Waals surface area contributed by atoms with Crippen LogP contribution in [0.2, 0.25) is 0 Å². The van der Waals surface area contributed by atoms with Crippen molar-refractivity contribution in [2.24, 2.45) is 0 Å². The Bertz CT molecular complexity index is 544. The van der Waals surface area contributed by atoms with Crippen LogP contribution < -0.4 is 5.73 Å². The van der Waals surface area contributed by atoms with Gasteiger partial charge in [0.2, 0.25) is 0 Å². The number of benzene rings is 1. The van der Waals surface area contributed by atoms with Gasteiger partial charge in [-0.15, -0.1) is 0 Å². The largest absolute Gasteiger partial charge is 0.480 e. The monoisotopic (exact) mass is 278 g/mol. The summed E-state index contributed by atoms with van der Waals surface area (Å²) in [6.07, 6.45) is 0.0702. The Morgan fingerprint density at radius 2 is 2.15 bits per heavy atom. The van der Waals surface area contributed by atoms with Crippen molar-refractivity contribution >= 4 is 17.6 Å². The van der Waals surface area contributed by atoms with Crippen LogP contribution in [0.4, 0.5) is 5.69 Å². The number of carbonyl (C=O) groups excluding carboxylic acids is 1. The molecule has 0 aliphatic carbocycles. The zero-order chi connectivity index (χ0) is 14.9. The van der Waals surface area contributed by atoms with Crippen molar-refractivity contribution < 1.29 is 19.4 Å². The number of aryl methyl sites for hydroxylation is 1. The average Bonchev–Trinajstić information content (AvgIpc) is 2.85. The van der Waals surface area contributed by atoms with Gasteiger partial charge in [-0.3, -0.25) is 4.79 Å². The first-order chi connectivity index (χ1) is 9.43. The van der Waals surface area contributed by atoms with Gasteiger partial charge in [-0.1, -0.05) is 0 Å². The van der Waals surface area contributed by atoms with E-state index >= 15 is 0 Å². The number of nitrogens with zero attached hydrogens (tertiary/aromatic N) is 1. The summed E-state index contributed by atoms with van der Waals surface area (Å²) in [6.45, 7) is 2.10. The summed E-state index contributed by atoms with van der Waals surface area (Å²) in [4.78, 5) is 25.1. The summed E-state index contributed by atoms with van der Waals surface area (Å²) in [7, 11) is 1.52. The third kappa shape index (κ3) is 2.60. The van der Waals surface area contributed by atoms with Gasteiger partial charge in [0.15, 0.2) is 0 Å².